The first-order valence-corrected chi connectivity index (χ1v) is 17.5. The molecule has 1 aliphatic heterocycles. The predicted octanol–water partition coefficient (Wildman–Crippen LogP) is 2.23. The van der Waals surface area contributed by atoms with E-state index in [1.807, 2.05) is 67.1 Å². The van der Waals surface area contributed by atoms with Crippen LogP contribution >= 0.6 is 0 Å². The summed E-state index contributed by atoms with van der Waals surface area (Å²) in [5, 5.41) is 16.2. The molecule has 2 aromatic heterocycles. The van der Waals surface area contributed by atoms with E-state index in [4.69, 9.17) is 0 Å². The standard InChI is InChI=1S/C37H48N10O4/c1-25(2)34-35-41-27(4)44-47(35)23-33(49)39-17-19-45(22-29-12-14-30(15-13-29)46-20-16-38-24-46)18-8-11-32(48)40-26(3)36(50)42-31(37(51)43-34)21-28-9-6-5-7-10-28/h5-7,9-10,12-16,20,24-26,31,34H,8,11,17-19,21-23H2,1-4H3,(H,39,49)(H,40,48)(H,42,50)(H,43,51)/t26-,31+,34-/m0/s1. The average molecular weight is 697 g/mol. The Morgan fingerprint density at radius 1 is 0.882 bits per heavy atom. The molecule has 0 saturated carbocycles. The Morgan fingerprint density at radius 2 is 1.65 bits per heavy atom. The fourth-order valence-corrected chi connectivity index (χ4v) is 6.06. The highest BCUT2D eigenvalue weighted by Gasteiger charge is 2.31. The molecule has 3 atom stereocenters. The van der Waals surface area contributed by atoms with Gasteiger partial charge in [0.15, 0.2) is 5.82 Å². The van der Waals surface area contributed by atoms with Crippen LogP contribution in [-0.4, -0.2) is 84.6 Å². The molecule has 0 spiro atoms. The first-order valence-electron chi connectivity index (χ1n) is 17.5. The Balaban J connectivity index is 1.36. The minimum Gasteiger partial charge on any atom is -0.353 e. The number of amides is 4. The molecule has 0 aliphatic carbocycles. The Bertz CT molecular complexity index is 1760. The van der Waals surface area contributed by atoms with Crippen LogP contribution in [0.1, 0.15) is 62.4 Å². The molecule has 1 aliphatic rings. The van der Waals surface area contributed by atoms with Gasteiger partial charge in [-0.15, -0.1) is 0 Å². The maximum atomic E-state index is 13.9. The summed E-state index contributed by atoms with van der Waals surface area (Å²) in [4.78, 5) is 64.4. The van der Waals surface area contributed by atoms with Gasteiger partial charge in [-0.25, -0.2) is 14.6 Å². The van der Waals surface area contributed by atoms with E-state index in [1.165, 1.54) is 4.68 Å². The molecule has 14 nitrogen and oxygen atoms in total. The van der Waals surface area contributed by atoms with Gasteiger partial charge in [0.05, 0.1) is 12.4 Å². The van der Waals surface area contributed by atoms with Crippen LogP contribution in [0.15, 0.2) is 73.3 Å². The Kier molecular flexibility index (Phi) is 12.7. The topological polar surface area (TPSA) is 168 Å². The fraction of sp³-hybridized carbons (Fsp3) is 0.432. The van der Waals surface area contributed by atoms with Crippen LogP contribution in [0.4, 0.5) is 0 Å². The molecule has 4 N–H and O–H groups in total. The van der Waals surface area contributed by atoms with Gasteiger partial charge in [0.1, 0.15) is 24.5 Å². The number of nitrogens with one attached hydrogen (secondary N) is 4. The minimum atomic E-state index is -0.936. The third-order valence-electron chi connectivity index (χ3n) is 8.80. The van der Waals surface area contributed by atoms with E-state index < -0.39 is 29.9 Å². The molecule has 0 unspecified atom stereocenters. The van der Waals surface area contributed by atoms with Gasteiger partial charge >= 0.3 is 0 Å². The van der Waals surface area contributed by atoms with Crippen molar-refractivity contribution in [2.24, 2.45) is 5.92 Å². The van der Waals surface area contributed by atoms with Gasteiger partial charge in [-0.3, -0.25) is 24.1 Å². The molecule has 4 aromatic rings. The summed E-state index contributed by atoms with van der Waals surface area (Å²) in [5.74, 6) is -0.573. The van der Waals surface area contributed by atoms with Gasteiger partial charge in [-0.1, -0.05) is 56.3 Å². The van der Waals surface area contributed by atoms with Crippen molar-refractivity contribution in [3.63, 3.8) is 0 Å². The molecule has 3 heterocycles. The molecule has 5 rings (SSSR count). The second-order valence-corrected chi connectivity index (χ2v) is 13.3. The van der Waals surface area contributed by atoms with Gasteiger partial charge in [-0.2, -0.15) is 5.10 Å². The molecule has 0 radical (unpaired) electrons. The lowest BCUT2D eigenvalue weighted by molar-refractivity contribution is -0.132. The van der Waals surface area contributed by atoms with E-state index in [-0.39, 0.29) is 37.1 Å². The number of carbonyl (C=O) groups excluding carboxylic acids is 4. The fourth-order valence-electron chi connectivity index (χ4n) is 6.06. The van der Waals surface area contributed by atoms with Gasteiger partial charge in [0, 0.05) is 50.6 Å². The molecule has 0 fully saturated rings. The van der Waals surface area contributed by atoms with Crippen LogP contribution in [0.5, 0.6) is 0 Å². The van der Waals surface area contributed by atoms with E-state index in [1.54, 1.807) is 26.4 Å². The molecule has 0 saturated heterocycles. The summed E-state index contributed by atoms with van der Waals surface area (Å²) >= 11 is 0. The maximum Gasteiger partial charge on any atom is 0.243 e. The molecule has 0 bridgehead atoms. The normalized spacial score (nSPS) is 20.5. The van der Waals surface area contributed by atoms with E-state index in [0.717, 1.165) is 16.8 Å². The van der Waals surface area contributed by atoms with Crippen LogP contribution in [0.3, 0.4) is 0 Å². The zero-order valence-electron chi connectivity index (χ0n) is 29.7. The molecular weight excluding hydrogens is 648 g/mol. The van der Waals surface area contributed by atoms with Crippen LogP contribution in [0, 0.1) is 12.8 Å². The smallest absolute Gasteiger partial charge is 0.243 e. The quantitative estimate of drug-likeness (QED) is 0.238. The highest BCUT2D eigenvalue weighted by molar-refractivity contribution is 5.92. The Labute approximate surface area is 298 Å². The monoisotopic (exact) mass is 696 g/mol. The molecule has 270 valence electrons. The maximum absolute atomic E-state index is 13.9. The van der Waals surface area contributed by atoms with Crippen molar-refractivity contribution < 1.29 is 19.2 Å². The van der Waals surface area contributed by atoms with E-state index in [2.05, 4.69) is 53.4 Å². The Hall–Kier alpha value is -5.37. The summed E-state index contributed by atoms with van der Waals surface area (Å²) in [7, 11) is 0. The zero-order chi connectivity index (χ0) is 36.3. The number of rotatable bonds is 6. The number of aryl methyl sites for hydroxylation is 1. The third kappa shape index (κ3) is 10.6. The number of hydrogen-bond donors (Lipinski definition) is 4. The number of nitrogens with zero attached hydrogens (tertiary/aromatic N) is 6. The lowest BCUT2D eigenvalue weighted by Gasteiger charge is -2.27. The first kappa shape index (κ1) is 36.9. The number of imidazole rings is 1. The first-order chi connectivity index (χ1) is 24.5. The number of fused-ring (bicyclic) bond motifs is 1. The summed E-state index contributed by atoms with van der Waals surface area (Å²) in [6, 6.07) is 15.2. The largest absolute Gasteiger partial charge is 0.353 e. The van der Waals surface area contributed by atoms with E-state index >= 15 is 0 Å². The van der Waals surface area contributed by atoms with Crippen molar-refractivity contribution in [1.29, 1.82) is 0 Å². The van der Waals surface area contributed by atoms with E-state index in [0.29, 0.717) is 44.2 Å². The third-order valence-corrected chi connectivity index (χ3v) is 8.80. The van der Waals surface area contributed by atoms with Crippen molar-refractivity contribution in [3.8, 4) is 5.69 Å². The van der Waals surface area contributed by atoms with Crippen LogP contribution in [0.2, 0.25) is 0 Å². The van der Waals surface area contributed by atoms with Gasteiger partial charge < -0.3 is 25.8 Å². The number of aromatic nitrogens is 5. The summed E-state index contributed by atoms with van der Waals surface area (Å²) in [6.45, 7) is 9.30. The van der Waals surface area contributed by atoms with Crippen molar-refractivity contribution >= 4 is 23.6 Å². The van der Waals surface area contributed by atoms with Crippen LogP contribution < -0.4 is 21.3 Å². The predicted molar refractivity (Wildman–Crippen MR) is 191 cm³/mol. The van der Waals surface area contributed by atoms with Crippen molar-refractivity contribution in [2.45, 2.75) is 78.2 Å². The lowest BCUT2D eigenvalue weighted by atomic mass is 10.0. The van der Waals surface area contributed by atoms with Crippen molar-refractivity contribution in [3.05, 3.63) is 96.1 Å². The molecule has 4 amide bonds. The van der Waals surface area contributed by atoms with Crippen molar-refractivity contribution in [1.82, 2.24) is 50.5 Å². The van der Waals surface area contributed by atoms with Gasteiger partial charge in [0.25, 0.3) is 0 Å². The summed E-state index contributed by atoms with van der Waals surface area (Å²) in [5.41, 5.74) is 2.95. The SMILES string of the molecule is Cc1nc2n(n1)CC(=O)NCCN(Cc1ccc(-n3ccnc3)cc1)CCCC(=O)N[C@@H](C)C(=O)N[C@H](Cc1ccccc1)C(=O)N[C@H]2C(C)C. The highest BCUT2D eigenvalue weighted by Crippen LogP contribution is 2.21. The molecular formula is C37H48N10O4. The Morgan fingerprint density at radius 3 is 2.35 bits per heavy atom. The van der Waals surface area contributed by atoms with Crippen LogP contribution in [-0.2, 0) is 38.7 Å². The molecule has 2 aromatic carbocycles. The molecule has 51 heavy (non-hydrogen) atoms. The minimum absolute atomic E-state index is 0.0765. The lowest BCUT2D eigenvalue weighted by Crippen LogP contribution is -2.54. The highest BCUT2D eigenvalue weighted by atomic mass is 16.2. The number of carbonyl (C=O) groups is 4. The van der Waals surface area contributed by atoms with Crippen LogP contribution in [0.25, 0.3) is 5.69 Å². The second-order valence-electron chi connectivity index (χ2n) is 13.3. The number of hydrogen-bond acceptors (Lipinski definition) is 8. The summed E-state index contributed by atoms with van der Waals surface area (Å²) in [6.07, 6.45) is 6.35. The second kappa shape index (κ2) is 17.5. The van der Waals surface area contributed by atoms with Gasteiger partial charge in [-0.05, 0) is 56.0 Å². The average Bonchev–Trinajstić information content (AvgIpc) is 3.77. The molecule has 14 heteroatoms. The van der Waals surface area contributed by atoms with E-state index in [9.17, 15) is 19.2 Å². The number of benzene rings is 2. The van der Waals surface area contributed by atoms with Crippen molar-refractivity contribution in [2.75, 3.05) is 19.6 Å². The van der Waals surface area contributed by atoms with Gasteiger partial charge in [0.2, 0.25) is 23.6 Å². The zero-order valence-corrected chi connectivity index (χ0v) is 29.7. The summed E-state index contributed by atoms with van der Waals surface area (Å²) < 4.78 is 3.47.